The first-order valence-electron chi connectivity index (χ1n) is 8.90. The second-order valence-electron chi connectivity index (χ2n) is 6.25. The Morgan fingerprint density at radius 1 is 1.11 bits per heavy atom. The first-order chi connectivity index (χ1) is 13.1. The van der Waals surface area contributed by atoms with E-state index in [4.69, 9.17) is 9.47 Å². The first-order valence-corrected chi connectivity index (χ1v) is 8.90. The molecule has 0 fully saturated rings. The predicted octanol–water partition coefficient (Wildman–Crippen LogP) is 4.22. The van der Waals surface area contributed by atoms with Crippen LogP contribution < -0.4 is 20.1 Å². The van der Waals surface area contributed by atoms with Crippen molar-refractivity contribution in [3.63, 3.8) is 0 Å². The Hall–Kier alpha value is -3.28. The second kappa shape index (κ2) is 8.89. The zero-order valence-corrected chi connectivity index (χ0v) is 15.4. The molecule has 27 heavy (non-hydrogen) atoms. The third-order valence-electron chi connectivity index (χ3n) is 3.73. The number of nitrogens with zero attached hydrogens (tertiary/aromatic N) is 1. The van der Waals surface area contributed by atoms with Gasteiger partial charge in [-0.25, -0.2) is 4.79 Å². The summed E-state index contributed by atoms with van der Waals surface area (Å²) in [4.78, 5) is 16.4. The fourth-order valence-corrected chi connectivity index (χ4v) is 2.57. The Morgan fingerprint density at radius 3 is 2.81 bits per heavy atom. The molecule has 0 aliphatic carbocycles. The van der Waals surface area contributed by atoms with Crippen LogP contribution >= 0.6 is 0 Å². The highest BCUT2D eigenvalue weighted by Crippen LogP contribution is 2.24. The van der Waals surface area contributed by atoms with E-state index in [9.17, 15) is 4.79 Å². The molecule has 0 radical (unpaired) electrons. The van der Waals surface area contributed by atoms with Gasteiger partial charge in [-0.05, 0) is 50.2 Å². The van der Waals surface area contributed by atoms with Gasteiger partial charge in [0.2, 0.25) is 0 Å². The number of hydrogen-bond donors (Lipinski definition) is 2. The van der Waals surface area contributed by atoms with Gasteiger partial charge in [-0.2, -0.15) is 0 Å². The number of para-hydroxylation sites is 2. The summed E-state index contributed by atoms with van der Waals surface area (Å²) in [5.74, 6) is 1.39. The lowest BCUT2D eigenvalue weighted by atomic mass is 10.2. The second-order valence-corrected chi connectivity index (χ2v) is 6.25. The highest BCUT2D eigenvalue weighted by molar-refractivity contribution is 5.90. The maximum Gasteiger partial charge on any atom is 0.319 e. The molecule has 3 rings (SSSR count). The van der Waals surface area contributed by atoms with Gasteiger partial charge in [0, 0.05) is 11.6 Å². The van der Waals surface area contributed by atoms with E-state index in [0.717, 1.165) is 16.7 Å². The minimum absolute atomic E-state index is 0.0292. The van der Waals surface area contributed by atoms with Crippen LogP contribution in [0.1, 0.15) is 13.8 Å². The number of nitrogens with one attached hydrogen (secondary N) is 2. The molecule has 0 saturated heterocycles. The maximum atomic E-state index is 12.1. The minimum atomic E-state index is -0.305. The Balaban J connectivity index is 1.47. The van der Waals surface area contributed by atoms with Gasteiger partial charge in [-0.3, -0.25) is 4.98 Å². The van der Waals surface area contributed by atoms with Gasteiger partial charge < -0.3 is 20.1 Å². The highest BCUT2D eigenvalue weighted by Gasteiger charge is 2.08. The van der Waals surface area contributed by atoms with Crippen molar-refractivity contribution in [2.24, 2.45) is 0 Å². The number of carbonyl (C=O) groups excluding carboxylic acids is 1. The van der Waals surface area contributed by atoms with Gasteiger partial charge in [0.1, 0.15) is 18.1 Å². The van der Waals surface area contributed by atoms with Crippen molar-refractivity contribution in [1.82, 2.24) is 10.3 Å². The lowest BCUT2D eigenvalue weighted by Crippen LogP contribution is -2.32. The number of fused-ring (bicyclic) bond motifs is 1. The molecule has 2 aromatic carbocycles. The van der Waals surface area contributed by atoms with Crippen molar-refractivity contribution in [3.05, 3.63) is 60.8 Å². The van der Waals surface area contributed by atoms with Crippen molar-refractivity contribution in [1.29, 1.82) is 0 Å². The summed E-state index contributed by atoms with van der Waals surface area (Å²) in [6.07, 6.45) is 1.79. The maximum absolute atomic E-state index is 12.1. The molecule has 2 amide bonds. The summed E-state index contributed by atoms with van der Waals surface area (Å²) in [7, 11) is 0. The van der Waals surface area contributed by atoms with Crippen molar-refractivity contribution in [2.45, 2.75) is 20.0 Å². The molecule has 1 aromatic heterocycles. The minimum Gasteiger partial charge on any atom is -0.492 e. The topological polar surface area (TPSA) is 72.5 Å². The third-order valence-corrected chi connectivity index (χ3v) is 3.73. The third kappa shape index (κ3) is 5.34. The molecule has 6 heteroatoms. The number of pyridine rings is 1. The van der Waals surface area contributed by atoms with E-state index in [-0.39, 0.29) is 12.1 Å². The lowest BCUT2D eigenvalue weighted by Gasteiger charge is -2.15. The zero-order chi connectivity index (χ0) is 19.1. The van der Waals surface area contributed by atoms with E-state index in [1.54, 1.807) is 12.3 Å². The summed E-state index contributed by atoms with van der Waals surface area (Å²) >= 11 is 0. The molecular weight excluding hydrogens is 342 g/mol. The van der Waals surface area contributed by atoms with Crippen LogP contribution in [0.4, 0.5) is 10.5 Å². The molecule has 0 spiro atoms. The molecule has 0 saturated carbocycles. The average Bonchev–Trinajstić information content (AvgIpc) is 2.66. The summed E-state index contributed by atoms with van der Waals surface area (Å²) in [5.41, 5.74) is 1.55. The Kier molecular flexibility index (Phi) is 6.10. The fraction of sp³-hybridized carbons (Fsp3) is 0.238. The molecule has 0 aliphatic rings. The van der Waals surface area contributed by atoms with Crippen molar-refractivity contribution >= 4 is 22.6 Å². The monoisotopic (exact) mass is 365 g/mol. The summed E-state index contributed by atoms with van der Waals surface area (Å²) < 4.78 is 11.4. The van der Waals surface area contributed by atoms with E-state index >= 15 is 0 Å². The van der Waals surface area contributed by atoms with Crippen LogP contribution in [0.15, 0.2) is 60.8 Å². The number of benzene rings is 2. The molecule has 0 bridgehead atoms. The SMILES string of the molecule is CC(C)Oc1ccccc1NC(=O)NCCOc1ccc2ncccc2c1. The fourth-order valence-electron chi connectivity index (χ4n) is 2.57. The van der Waals surface area contributed by atoms with E-state index in [0.29, 0.717) is 24.6 Å². The molecule has 2 N–H and O–H groups in total. The van der Waals surface area contributed by atoms with Crippen LogP contribution in [0.5, 0.6) is 11.5 Å². The average molecular weight is 365 g/mol. The summed E-state index contributed by atoms with van der Waals surface area (Å²) in [6.45, 7) is 4.63. The number of aromatic nitrogens is 1. The number of urea groups is 1. The van der Waals surface area contributed by atoms with Crippen molar-refractivity contribution < 1.29 is 14.3 Å². The van der Waals surface area contributed by atoms with Gasteiger partial charge in [0.25, 0.3) is 0 Å². The Morgan fingerprint density at radius 2 is 1.96 bits per heavy atom. The quantitative estimate of drug-likeness (QED) is 0.615. The summed E-state index contributed by atoms with van der Waals surface area (Å²) in [5, 5.41) is 6.59. The van der Waals surface area contributed by atoms with E-state index in [1.807, 2.05) is 62.4 Å². The standard InChI is InChI=1S/C21H23N3O3/c1-15(2)27-20-8-4-3-7-19(20)24-21(25)23-12-13-26-17-9-10-18-16(14-17)6-5-11-22-18/h3-11,14-15H,12-13H2,1-2H3,(H2,23,24,25). The number of rotatable bonds is 7. The van der Waals surface area contributed by atoms with E-state index in [2.05, 4.69) is 15.6 Å². The summed E-state index contributed by atoms with van der Waals surface area (Å²) in [6, 6.07) is 16.6. The lowest BCUT2D eigenvalue weighted by molar-refractivity contribution is 0.240. The van der Waals surface area contributed by atoms with Crippen molar-refractivity contribution in [2.75, 3.05) is 18.5 Å². The number of anilines is 1. The predicted molar refractivity (Wildman–Crippen MR) is 106 cm³/mol. The molecule has 3 aromatic rings. The highest BCUT2D eigenvalue weighted by atomic mass is 16.5. The molecule has 0 aliphatic heterocycles. The van der Waals surface area contributed by atoms with Crippen LogP contribution in [0.3, 0.4) is 0 Å². The molecule has 1 heterocycles. The van der Waals surface area contributed by atoms with Crippen LogP contribution in [-0.4, -0.2) is 30.3 Å². The van der Waals surface area contributed by atoms with Crippen LogP contribution in [0.2, 0.25) is 0 Å². The largest absolute Gasteiger partial charge is 0.492 e. The van der Waals surface area contributed by atoms with Gasteiger partial charge in [-0.15, -0.1) is 0 Å². The first kappa shape index (κ1) is 18.5. The smallest absolute Gasteiger partial charge is 0.319 e. The number of amides is 2. The zero-order valence-electron chi connectivity index (χ0n) is 15.4. The molecule has 140 valence electrons. The number of ether oxygens (including phenoxy) is 2. The van der Waals surface area contributed by atoms with Crippen LogP contribution in [0, 0.1) is 0 Å². The van der Waals surface area contributed by atoms with Crippen molar-refractivity contribution in [3.8, 4) is 11.5 Å². The van der Waals surface area contributed by atoms with Crippen LogP contribution in [-0.2, 0) is 0 Å². The number of hydrogen-bond acceptors (Lipinski definition) is 4. The van der Waals surface area contributed by atoms with Gasteiger partial charge in [0.15, 0.2) is 0 Å². The van der Waals surface area contributed by atoms with Gasteiger partial charge in [0.05, 0.1) is 23.9 Å². The molecule has 6 nitrogen and oxygen atoms in total. The molecule has 0 atom stereocenters. The Bertz CT molecular complexity index is 912. The van der Waals surface area contributed by atoms with Gasteiger partial charge >= 0.3 is 6.03 Å². The molecule has 0 unspecified atom stereocenters. The number of carbonyl (C=O) groups is 1. The normalized spacial score (nSPS) is 10.6. The Labute approximate surface area is 158 Å². The van der Waals surface area contributed by atoms with Gasteiger partial charge in [-0.1, -0.05) is 18.2 Å². The van der Waals surface area contributed by atoms with Crippen LogP contribution in [0.25, 0.3) is 10.9 Å². The van der Waals surface area contributed by atoms with E-state index < -0.39 is 0 Å². The van der Waals surface area contributed by atoms with E-state index in [1.165, 1.54) is 0 Å². The molecular formula is C21H23N3O3.